The fourth-order valence-corrected chi connectivity index (χ4v) is 3.58. The van der Waals surface area contributed by atoms with E-state index in [1.54, 1.807) is 19.3 Å². The maximum Gasteiger partial charge on any atom is 0.191 e. The monoisotopic (exact) mass is 524 g/mol. The SMILES string of the molecule is CN=C(NCCCc1nnc2ccccn12)NC1CCN(c2ncccc2F)C1.I. The van der Waals surface area contributed by atoms with Gasteiger partial charge in [-0.15, -0.1) is 34.2 Å². The maximum atomic E-state index is 13.9. The number of aryl methyl sites for hydroxylation is 1. The lowest BCUT2D eigenvalue weighted by atomic mass is 10.2. The molecule has 1 aliphatic heterocycles. The second-order valence-corrected chi connectivity index (χ2v) is 7.03. The summed E-state index contributed by atoms with van der Waals surface area (Å²) in [6.07, 6.45) is 6.24. The van der Waals surface area contributed by atoms with Crippen LogP contribution in [0.1, 0.15) is 18.7 Å². The predicted octanol–water partition coefficient (Wildman–Crippen LogP) is 2.26. The number of aliphatic imine (C=N–C) groups is 1. The van der Waals surface area contributed by atoms with Crippen LogP contribution in [0.15, 0.2) is 47.7 Å². The van der Waals surface area contributed by atoms with Crippen LogP contribution in [-0.4, -0.2) is 58.3 Å². The van der Waals surface area contributed by atoms with E-state index in [0.29, 0.717) is 12.4 Å². The zero-order valence-electron chi connectivity index (χ0n) is 16.8. The van der Waals surface area contributed by atoms with E-state index >= 15 is 0 Å². The third-order valence-electron chi connectivity index (χ3n) is 5.05. The van der Waals surface area contributed by atoms with Gasteiger partial charge in [-0.2, -0.15) is 0 Å². The van der Waals surface area contributed by atoms with Crippen LogP contribution < -0.4 is 15.5 Å². The summed E-state index contributed by atoms with van der Waals surface area (Å²) in [6.45, 7) is 2.23. The lowest BCUT2D eigenvalue weighted by Crippen LogP contribution is -2.45. The Bertz CT molecular complexity index is 992. The summed E-state index contributed by atoms with van der Waals surface area (Å²) in [7, 11) is 1.76. The molecule has 160 valence electrons. The summed E-state index contributed by atoms with van der Waals surface area (Å²) in [6, 6.07) is 9.13. The highest BCUT2D eigenvalue weighted by atomic mass is 127. The molecule has 1 fully saturated rings. The Labute approximate surface area is 192 Å². The van der Waals surface area contributed by atoms with Gasteiger partial charge in [0.15, 0.2) is 23.2 Å². The zero-order valence-corrected chi connectivity index (χ0v) is 19.2. The van der Waals surface area contributed by atoms with Crippen molar-refractivity contribution >= 4 is 41.4 Å². The highest BCUT2D eigenvalue weighted by Crippen LogP contribution is 2.20. The van der Waals surface area contributed by atoms with Gasteiger partial charge < -0.3 is 15.5 Å². The first-order valence-electron chi connectivity index (χ1n) is 9.86. The van der Waals surface area contributed by atoms with Gasteiger partial charge in [-0.05, 0) is 37.1 Å². The molecule has 4 rings (SSSR count). The van der Waals surface area contributed by atoms with Gasteiger partial charge >= 0.3 is 0 Å². The molecule has 0 radical (unpaired) electrons. The van der Waals surface area contributed by atoms with E-state index in [-0.39, 0.29) is 35.8 Å². The molecule has 1 aliphatic rings. The van der Waals surface area contributed by atoms with E-state index in [9.17, 15) is 4.39 Å². The van der Waals surface area contributed by atoms with E-state index in [4.69, 9.17) is 0 Å². The Balaban J connectivity index is 0.00000256. The fraction of sp³-hybridized carbons (Fsp3) is 0.400. The number of fused-ring (bicyclic) bond motifs is 1. The van der Waals surface area contributed by atoms with E-state index in [2.05, 4.69) is 30.8 Å². The summed E-state index contributed by atoms with van der Waals surface area (Å²) >= 11 is 0. The van der Waals surface area contributed by atoms with Crippen molar-refractivity contribution < 1.29 is 4.39 Å². The summed E-state index contributed by atoms with van der Waals surface area (Å²) in [5, 5.41) is 15.2. The standard InChI is InChI=1S/C20H25FN8.HI/c1-22-20(24-11-5-8-18-27-26-17-7-2-3-12-29(17)18)25-15-9-13-28(14-15)19-16(21)6-4-10-23-19;/h2-4,6-7,10,12,15H,5,8-9,11,13-14H2,1H3,(H2,22,24,25);1H. The van der Waals surface area contributed by atoms with Crippen LogP contribution in [0.5, 0.6) is 0 Å². The van der Waals surface area contributed by atoms with Crippen molar-refractivity contribution in [3.05, 3.63) is 54.4 Å². The van der Waals surface area contributed by atoms with E-state index < -0.39 is 0 Å². The van der Waals surface area contributed by atoms with Crippen molar-refractivity contribution in [3.8, 4) is 0 Å². The number of guanidine groups is 1. The van der Waals surface area contributed by atoms with Crippen molar-refractivity contribution in [1.82, 2.24) is 30.2 Å². The molecule has 3 aromatic rings. The first-order chi connectivity index (χ1) is 14.2. The second kappa shape index (κ2) is 10.5. The average molecular weight is 524 g/mol. The van der Waals surface area contributed by atoms with Gasteiger partial charge in [0, 0.05) is 51.5 Å². The van der Waals surface area contributed by atoms with Crippen molar-refractivity contribution in [2.75, 3.05) is 31.6 Å². The molecule has 30 heavy (non-hydrogen) atoms. The predicted molar refractivity (Wildman–Crippen MR) is 126 cm³/mol. The van der Waals surface area contributed by atoms with Crippen LogP contribution in [0, 0.1) is 5.82 Å². The molecule has 10 heteroatoms. The van der Waals surface area contributed by atoms with E-state index in [0.717, 1.165) is 49.8 Å². The Hall–Kier alpha value is -2.50. The van der Waals surface area contributed by atoms with Crippen LogP contribution in [0.2, 0.25) is 0 Å². The van der Waals surface area contributed by atoms with Gasteiger partial charge in [0.1, 0.15) is 5.82 Å². The molecule has 8 nitrogen and oxygen atoms in total. The minimum absolute atomic E-state index is 0. The number of pyridine rings is 2. The molecule has 0 aliphatic carbocycles. The van der Waals surface area contributed by atoms with Crippen LogP contribution in [0.3, 0.4) is 0 Å². The molecule has 1 saturated heterocycles. The third kappa shape index (κ3) is 5.15. The molecular weight excluding hydrogens is 498 g/mol. The molecule has 2 N–H and O–H groups in total. The van der Waals surface area contributed by atoms with Crippen molar-refractivity contribution in [2.45, 2.75) is 25.3 Å². The first kappa shape index (κ1) is 22.2. The van der Waals surface area contributed by atoms with Gasteiger partial charge in [-0.25, -0.2) is 9.37 Å². The first-order valence-corrected chi connectivity index (χ1v) is 9.86. The Morgan fingerprint density at radius 3 is 3.00 bits per heavy atom. The Morgan fingerprint density at radius 2 is 2.17 bits per heavy atom. The highest BCUT2D eigenvalue weighted by Gasteiger charge is 2.25. The molecule has 0 bridgehead atoms. The molecule has 0 amide bonds. The summed E-state index contributed by atoms with van der Waals surface area (Å²) in [5.74, 6) is 1.84. The second-order valence-electron chi connectivity index (χ2n) is 7.03. The lowest BCUT2D eigenvalue weighted by molar-refractivity contribution is 0.612. The van der Waals surface area contributed by atoms with Gasteiger partial charge in [0.05, 0.1) is 0 Å². The molecule has 0 aromatic carbocycles. The molecule has 1 atom stereocenters. The molecule has 3 aromatic heterocycles. The third-order valence-corrected chi connectivity index (χ3v) is 5.05. The minimum Gasteiger partial charge on any atom is -0.356 e. The van der Waals surface area contributed by atoms with E-state index in [1.807, 2.05) is 33.7 Å². The number of rotatable bonds is 6. The van der Waals surface area contributed by atoms with Crippen LogP contribution in [0.4, 0.5) is 10.2 Å². The number of hydrogen-bond acceptors (Lipinski definition) is 5. The normalized spacial score (nSPS) is 16.5. The smallest absolute Gasteiger partial charge is 0.191 e. The fourth-order valence-electron chi connectivity index (χ4n) is 3.58. The number of nitrogens with one attached hydrogen (secondary N) is 2. The van der Waals surface area contributed by atoms with Crippen LogP contribution in [0.25, 0.3) is 5.65 Å². The molecule has 1 unspecified atom stereocenters. The molecule has 0 saturated carbocycles. The number of nitrogens with zero attached hydrogens (tertiary/aromatic N) is 6. The Morgan fingerprint density at radius 1 is 1.27 bits per heavy atom. The number of aromatic nitrogens is 4. The zero-order chi connectivity index (χ0) is 20.1. The number of hydrogen-bond donors (Lipinski definition) is 2. The lowest BCUT2D eigenvalue weighted by Gasteiger charge is -2.19. The van der Waals surface area contributed by atoms with Gasteiger partial charge in [-0.1, -0.05) is 6.07 Å². The molecule has 0 spiro atoms. The van der Waals surface area contributed by atoms with Gasteiger partial charge in [0.2, 0.25) is 0 Å². The number of anilines is 1. The molecular formula is C20H26FIN8. The average Bonchev–Trinajstić information content (AvgIpc) is 3.38. The maximum absolute atomic E-state index is 13.9. The minimum atomic E-state index is -0.281. The van der Waals surface area contributed by atoms with Crippen molar-refractivity contribution in [1.29, 1.82) is 0 Å². The largest absolute Gasteiger partial charge is 0.356 e. The highest BCUT2D eigenvalue weighted by molar-refractivity contribution is 14.0. The molecule has 4 heterocycles. The number of halogens is 2. The van der Waals surface area contributed by atoms with Crippen molar-refractivity contribution in [3.63, 3.8) is 0 Å². The van der Waals surface area contributed by atoms with Crippen LogP contribution in [-0.2, 0) is 6.42 Å². The Kier molecular flexibility index (Phi) is 7.77. The van der Waals surface area contributed by atoms with Gasteiger partial charge in [0.25, 0.3) is 0 Å². The van der Waals surface area contributed by atoms with E-state index in [1.165, 1.54) is 6.07 Å². The quantitative estimate of drug-likeness (QED) is 0.223. The summed E-state index contributed by atoms with van der Waals surface area (Å²) < 4.78 is 16.0. The summed E-state index contributed by atoms with van der Waals surface area (Å²) in [4.78, 5) is 10.4. The topological polar surface area (TPSA) is 82.7 Å². The van der Waals surface area contributed by atoms with Crippen molar-refractivity contribution in [2.24, 2.45) is 4.99 Å². The summed E-state index contributed by atoms with van der Waals surface area (Å²) in [5.41, 5.74) is 0.864. The van der Waals surface area contributed by atoms with Gasteiger partial charge in [-0.3, -0.25) is 9.39 Å². The van der Waals surface area contributed by atoms with Crippen LogP contribution >= 0.6 is 24.0 Å².